The first kappa shape index (κ1) is 11.6. The minimum absolute atomic E-state index is 0.108. The zero-order chi connectivity index (χ0) is 9.61. The largest absolute Gasteiger partial charge is 0.411 e. The first-order valence-corrected chi connectivity index (χ1v) is 3.36. The molecule has 74 valence electrons. The van der Waals surface area contributed by atoms with Gasteiger partial charge < -0.3 is 9.47 Å². The molecule has 0 aromatic rings. The van der Waals surface area contributed by atoms with Crippen molar-refractivity contribution in [2.24, 2.45) is 0 Å². The average Bonchev–Trinajstić information content (AvgIpc) is 1.84. The summed E-state index contributed by atoms with van der Waals surface area (Å²) in [7, 11) is 0. The Hall–Kier alpha value is -0.360. The van der Waals surface area contributed by atoms with Gasteiger partial charge in [0.1, 0.15) is 13.2 Å². The van der Waals surface area contributed by atoms with E-state index in [1.54, 1.807) is 0 Å². The Balaban J connectivity index is 3.31. The van der Waals surface area contributed by atoms with Gasteiger partial charge in [-0.05, 0) is 6.92 Å². The number of ether oxygens (including phenoxy) is 2. The molecule has 0 aromatic heterocycles. The van der Waals surface area contributed by atoms with Gasteiger partial charge in [-0.1, -0.05) is 0 Å². The van der Waals surface area contributed by atoms with Gasteiger partial charge in [0, 0.05) is 6.61 Å². The average molecular weight is 190 g/mol. The number of halogens is 4. The third-order valence-electron chi connectivity index (χ3n) is 0.862. The van der Waals surface area contributed by atoms with Gasteiger partial charge in [-0.2, -0.15) is 13.2 Å². The van der Waals surface area contributed by atoms with E-state index in [9.17, 15) is 17.6 Å². The van der Waals surface area contributed by atoms with Crippen LogP contribution in [0.3, 0.4) is 0 Å². The highest BCUT2D eigenvalue weighted by atomic mass is 19.4. The molecule has 0 aromatic carbocycles. The van der Waals surface area contributed by atoms with Crippen LogP contribution in [-0.4, -0.2) is 32.4 Å². The van der Waals surface area contributed by atoms with Gasteiger partial charge in [-0.25, -0.2) is 4.39 Å². The molecule has 0 fully saturated rings. The minimum Gasteiger partial charge on any atom is -0.366 e. The molecule has 0 radical (unpaired) electrons. The molecular formula is C6H10F4O2. The summed E-state index contributed by atoms with van der Waals surface area (Å²) in [5.74, 6) is 0. The molecular weight excluding hydrogens is 180 g/mol. The topological polar surface area (TPSA) is 18.5 Å². The molecule has 0 bridgehead atoms. The van der Waals surface area contributed by atoms with E-state index in [-0.39, 0.29) is 6.61 Å². The predicted octanol–water partition coefficient (Wildman–Crippen LogP) is 1.90. The normalized spacial score (nSPS) is 14.8. The van der Waals surface area contributed by atoms with Crippen LogP contribution < -0.4 is 0 Å². The van der Waals surface area contributed by atoms with Crippen molar-refractivity contribution in [3.05, 3.63) is 0 Å². The van der Waals surface area contributed by atoms with E-state index in [1.165, 1.54) is 6.92 Å². The summed E-state index contributed by atoms with van der Waals surface area (Å²) in [6, 6.07) is 0. The second-order valence-electron chi connectivity index (χ2n) is 2.00. The Morgan fingerprint density at radius 2 is 1.92 bits per heavy atom. The lowest BCUT2D eigenvalue weighted by Crippen LogP contribution is -2.22. The van der Waals surface area contributed by atoms with Gasteiger partial charge in [-0.15, -0.1) is 0 Å². The van der Waals surface area contributed by atoms with Crippen molar-refractivity contribution in [1.82, 2.24) is 0 Å². The van der Waals surface area contributed by atoms with Crippen LogP contribution in [0, 0.1) is 0 Å². The van der Waals surface area contributed by atoms with E-state index in [4.69, 9.17) is 0 Å². The Bertz CT molecular complexity index is 115. The van der Waals surface area contributed by atoms with Crippen LogP contribution in [0.1, 0.15) is 6.92 Å². The fourth-order valence-corrected chi connectivity index (χ4v) is 0.496. The molecule has 0 aliphatic carbocycles. The van der Waals surface area contributed by atoms with Gasteiger partial charge in [0.05, 0.1) is 0 Å². The monoisotopic (exact) mass is 190 g/mol. The van der Waals surface area contributed by atoms with Crippen LogP contribution in [0.25, 0.3) is 0 Å². The Labute approximate surface area is 67.5 Å². The van der Waals surface area contributed by atoms with E-state index < -0.39 is 25.7 Å². The molecule has 0 amide bonds. The first-order chi connectivity index (χ1) is 5.45. The zero-order valence-electron chi connectivity index (χ0n) is 6.53. The highest BCUT2D eigenvalue weighted by Gasteiger charge is 2.27. The smallest absolute Gasteiger partial charge is 0.366 e. The highest BCUT2D eigenvalue weighted by Crippen LogP contribution is 2.14. The number of hydrogen-bond acceptors (Lipinski definition) is 2. The second-order valence-corrected chi connectivity index (χ2v) is 2.00. The highest BCUT2D eigenvalue weighted by molar-refractivity contribution is 4.46. The maximum absolute atomic E-state index is 12.3. The molecule has 6 heteroatoms. The lowest BCUT2D eigenvalue weighted by Gasteiger charge is -2.10. The van der Waals surface area contributed by atoms with Gasteiger partial charge >= 0.3 is 6.18 Å². The van der Waals surface area contributed by atoms with E-state index in [0.717, 1.165) is 0 Å². The van der Waals surface area contributed by atoms with Crippen molar-refractivity contribution in [1.29, 1.82) is 0 Å². The Morgan fingerprint density at radius 1 is 1.33 bits per heavy atom. The van der Waals surface area contributed by atoms with E-state index >= 15 is 0 Å². The minimum atomic E-state index is -4.41. The van der Waals surface area contributed by atoms with Crippen LogP contribution in [-0.2, 0) is 9.47 Å². The molecule has 0 rings (SSSR count). The van der Waals surface area contributed by atoms with Gasteiger partial charge in [-0.3, -0.25) is 0 Å². The quantitative estimate of drug-likeness (QED) is 0.616. The van der Waals surface area contributed by atoms with Crippen molar-refractivity contribution in [2.75, 3.05) is 19.8 Å². The lowest BCUT2D eigenvalue weighted by molar-refractivity contribution is -0.189. The molecule has 0 N–H and O–H groups in total. The van der Waals surface area contributed by atoms with Crippen molar-refractivity contribution in [2.45, 2.75) is 19.5 Å². The molecule has 1 unspecified atom stereocenters. The molecule has 0 aliphatic rings. The lowest BCUT2D eigenvalue weighted by atomic mass is 10.6. The standard InChI is InChI=1S/C6H10F4O2/c1-2-12-5(7)3-11-4-6(8,9)10/h5H,2-4H2,1H3. The predicted molar refractivity (Wildman–Crippen MR) is 33.4 cm³/mol. The van der Waals surface area contributed by atoms with Crippen LogP contribution in [0.4, 0.5) is 17.6 Å². The SMILES string of the molecule is CCOC(F)COCC(F)(F)F. The number of alkyl halides is 4. The van der Waals surface area contributed by atoms with Crippen LogP contribution in [0.2, 0.25) is 0 Å². The van der Waals surface area contributed by atoms with Crippen molar-refractivity contribution in [3.8, 4) is 0 Å². The number of hydrogen-bond donors (Lipinski definition) is 0. The summed E-state index contributed by atoms with van der Waals surface area (Å²) < 4.78 is 54.8. The molecule has 12 heavy (non-hydrogen) atoms. The van der Waals surface area contributed by atoms with Gasteiger partial charge in [0.2, 0.25) is 6.36 Å². The Morgan fingerprint density at radius 3 is 2.33 bits per heavy atom. The molecule has 2 nitrogen and oxygen atoms in total. The van der Waals surface area contributed by atoms with Crippen molar-refractivity contribution >= 4 is 0 Å². The molecule has 0 aliphatic heterocycles. The van der Waals surface area contributed by atoms with E-state index in [1.807, 2.05) is 0 Å². The third kappa shape index (κ3) is 7.74. The summed E-state index contributed by atoms with van der Waals surface area (Å²) in [6.45, 7) is -0.485. The van der Waals surface area contributed by atoms with E-state index in [0.29, 0.717) is 0 Å². The molecule has 1 atom stereocenters. The van der Waals surface area contributed by atoms with E-state index in [2.05, 4.69) is 9.47 Å². The maximum Gasteiger partial charge on any atom is 0.411 e. The molecule has 0 spiro atoms. The van der Waals surface area contributed by atoms with Gasteiger partial charge in [0.25, 0.3) is 0 Å². The third-order valence-corrected chi connectivity index (χ3v) is 0.862. The molecule has 0 saturated carbocycles. The fourth-order valence-electron chi connectivity index (χ4n) is 0.496. The summed E-state index contributed by atoms with van der Waals surface area (Å²) in [5.41, 5.74) is 0. The molecule has 0 saturated heterocycles. The first-order valence-electron chi connectivity index (χ1n) is 3.36. The van der Waals surface area contributed by atoms with Crippen LogP contribution in [0.15, 0.2) is 0 Å². The van der Waals surface area contributed by atoms with Crippen molar-refractivity contribution < 1.29 is 27.0 Å². The van der Waals surface area contributed by atoms with Crippen LogP contribution in [0.5, 0.6) is 0 Å². The maximum atomic E-state index is 12.3. The number of rotatable bonds is 5. The fraction of sp³-hybridized carbons (Fsp3) is 1.00. The Kier molecular flexibility index (Phi) is 5.16. The summed E-state index contributed by atoms with van der Waals surface area (Å²) in [6.07, 6.45) is -6.19. The second kappa shape index (κ2) is 5.31. The summed E-state index contributed by atoms with van der Waals surface area (Å²) in [4.78, 5) is 0. The van der Waals surface area contributed by atoms with Crippen LogP contribution >= 0.6 is 0 Å². The summed E-state index contributed by atoms with van der Waals surface area (Å²) >= 11 is 0. The van der Waals surface area contributed by atoms with Gasteiger partial charge in [0.15, 0.2) is 0 Å². The van der Waals surface area contributed by atoms with Crippen molar-refractivity contribution in [3.63, 3.8) is 0 Å². The summed E-state index contributed by atoms with van der Waals surface area (Å²) in [5, 5.41) is 0. The zero-order valence-corrected chi connectivity index (χ0v) is 6.53. The molecule has 0 heterocycles.